The van der Waals surface area contributed by atoms with Crippen molar-refractivity contribution in [3.05, 3.63) is 35.9 Å². The van der Waals surface area contributed by atoms with E-state index in [1.54, 1.807) is 7.05 Å². The third-order valence-corrected chi connectivity index (χ3v) is 4.15. The number of amides is 2. The molecule has 2 atom stereocenters. The van der Waals surface area contributed by atoms with Gasteiger partial charge >= 0.3 is 0 Å². The van der Waals surface area contributed by atoms with Gasteiger partial charge in [0, 0.05) is 6.54 Å². The Balaban J connectivity index is 2.27. The number of nitrogens with one attached hydrogen (secondary N) is 3. The maximum Gasteiger partial charge on any atom is 0.237 e. The van der Waals surface area contributed by atoms with Gasteiger partial charge < -0.3 is 21.7 Å². The van der Waals surface area contributed by atoms with Crippen LogP contribution in [0.5, 0.6) is 0 Å². The average molecular weight is 348 g/mol. The van der Waals surface area contributed by atoms with Crippen LogP contribution in [0.1, 0.15) is 38.2 Å². The van der Waals surface area contributed by atoms with Crippen LogP contribution >= 0.6 is 0 Å². The molecule has 6 nitrogen and oxygen atoms in total. The summed E-state index contributed by atoms with van der Waals surface area (Å²) in [7, 11) is 1.80. The number of hydrogen-bond acceptors (Lipinski definition) is 4. The SMILES string of the molecule is CCCNC(CCCCNC(=O)C(Cc1ccccc1)NC)C(N)=O. The van der Waals surface area contributed by atoms with Gasteiger partial charge in [0.2, 0.25) is 11.8 Å². The summed E-state index contributed by atoms with van der Waals surface area (Å²) in [6, 6.07) is 9.43. The number of primary amides is 1. The molecule has 6 heteroatoms. The van der Waals surface area contributed by atoms with Crippen LogP contribution in [-0.2, 0) is 16.0 Å². The van der Waals surface area contributed by atoms with Crippen LogP contribution in [0.3, 0.4) is 0 Å². The number of unbranched alkanes of at least 4 members (excludes halogenated alkanes) is 1. The number of nitrogens with two attached hydrogens (primary N) is 1. The highest BCUT2D eigenvalue weighted by atomic mass is 16.2. The van der Waals surface area contributed by atoms with Crippen molar-refractivity contribution >= 4 is 11.8 Å². The summed E-state index contributed by atoms with van der Waals surface area (Å²) in [5, 5.41) is 9.18. The molecule has 140 valence electrons. The fourth-order valence-electron chi connectivity index (χ4n) is 2.65. The fraction of sp³-hybridized carbons (Fsp3) is 0.579. The van der Waals surface area contributed by atoms with Crippen molar-refractivity contribution in [2.24, 2.45) is 5.73 Å². The number of carbonyl (C=O) groups is 2. The fourth-order valence-corrected chi connectivity index (χ4v) is 2.65. The number of rotatable bonds is 13. The van der Waals surface area contributed by atoms with Gasteiger partial charge in [-0.15, -0.1) is 0 Å². The second-order valence-corrected chi connectivity index (χ2v) is 6.23. The number of likely N-dealkylation sites (N-methyl/N-ethyl adjacent to an activating group) is 1. The molecule has 1 aromatic carbocycles. The van der Waals surface area contributed by atoms with E-state index in [1.165, 1.54) is 0 Å². The molecule has 2 unspecified atom stereocenters. The highest BCUT2D eigenvalue weighted by Crippen LogP contribution is 2.04. The third kappa shape index (κ3) is 8.65. The van der Waals surface area contributed by atoms with E-state index < -0.39 is 0 Å². The predicted octanol–water partition coefficient (Wildman–Crippen LogP) is 0.957. The lowest BCUT2D eigenvalue weighted by Crippen LogP contribution is -2.44. The minimum Gasteiger partial charge on any atom is -0.368 e. The molecule has 1 aromatic rings. The van der Waals surface area contributed by atoms with Crippen molar-refractivity contribution in [1.29, 1.82) is 0 Å². The molecule has 0 aliphatic rings. The first-order chi connectivity index (χ1) is 12.1. The molecule has 0 aromatic heterocycles. The van der Waals surface area contributed by atoms with Gasteiger partial charge in [0.1, 0.15) is 0 Å². The molecule has 2 amide bonds. The first kappa shape index (κ1) is 21.1. The smallest absolute Gasteiger partial charge is 0.237 e. The van der Waals surface area contributed by atoms with Crippen molar-refractivity contribution < 1.29 is 9.59 Å². The lowest BCUT2D eigenvalue weighted by Gasteiger charge is -2.17. The van der Waals surface area contributed by atoms with Crippen LogP contribution in [0.2, 0.25) is 0 Å². The molecular weight excluding hydrogens is 316 g/mol. The largest absolute Gasteiger partial charge is 0.368 e. The zero-order chi connectivity index (χ0) is 18.5. The Morgan fingerprint density at radius 1 is 1.08 bits per heavy atom. The molecule has 0 aliphatic carbocycles. The molecule has 0 heterocycles. The van der Waals surface area contributed by atoms with E-state index in [0.29, 0.717) is 19.4 Å². The monoisotopic (exact) mass is 348 g/mol. The van der Waals surface area contributed by atoms with Gasteiger partial charge in [-0.25, -0.2) is 0 Å². The van der Waals surface area contributed by atoms with Crippen LogP contribution in [0.15, 0.2) is 30.3 Å². The van der Waals surface area contributed by atoms with E-state index in [-0.39, 0.29) is 23.9 Å². The Bertz CT molecular complexity index is 507. The lowest BCUT2D eigenvalue weighted by atomic mass is 10.1. The zero-order valence-electron chi connectivity index (χ0n) is 15.4. The van der Waals surface area contributed by atoms with Crippen molar-refractivity contribution in [1.82, 2.24) is 16.0 Å². The molecule has 1 rings (SSSR count). The van der Waals surface area contributed by atoms with E-state index >= 15 is 0 Å². The second kappa shape index (κ2) is 12.4. The van der Waals surface area contributed by atoms with Gasteiger partial charge in [-0.1, -0.05) is 37.3 Å². The van der Waals surface area contributed by atoms with Gasteiger partial charge in [0.15, 0.2) is 0 Å². The van der Waals surface area contributed by atoms with Crippen LogP contribution in [0, 0.1) is 0 Å². The van der Waals surface area contributed by atoms with Crippen molar-refractivity contribution in [2.45, 2.75) is 51.1 Å². The molecule has 0 bridgehead atoms. The highest BCUT2D eigenvalue weighted by Gasteiger charge is 2.17. The molecule has 0 saturated carbocycles. The highest BCUT2D eigenvalue weighted by molar-refractivity contribution is 5.82. The van der Waals surface area contributed by atoms with E-state index in [1.807, 2.05) is 37.3 Å². The van der Waals surface area contributed by atoms with E-state index in [2.05, 4.69) is 16.0 Å². The Hall–Kier alpha value is -1.92. The summed E-state index contributed by atoms with van der Waals surface area (Å²) in [5.41, 5.74) is 6.52. The van der Waals surface area contributed by atoms with E-state index in [0.717, 1.165) is 31.4 Å². The average Bonchev–Trinajstić information content (AvgIpc) is 2.62. The Kier molecular flexibility index (Phi) is 10.5. The molecule has 0 saturated heterocycles. The summed E-state index contributed by atoms with van der Waals surface area (Å²) >= 11 is 0. The van der Waals surface area contributed by atoms with Gasteiger partial charge in [-0.2, -0.15) is 0 Å². The van der Waals surface area contributed by atoms with Crippen molar-refractivity contribution in [2.75, 3.05) is 20.1 Å². The number of benzene rings is 1. The standard InChI is InChI=1S/C19H32N4O2/c1-3-12-22-16(18(20)24)11-7-8-13-23-19(25)17(21-2)14-15-9-5-4-6-10-15/h4-6,9-10,16-17,21-22H,3,7-8,11-14H2,1-2H3,(H2,20,24)(H,23,25). The van der Waals surface area contributed by atoms with Gasteiger partial charge in [0.25, 0.3) is 0 Å². The first-order valence-electron chi connectivity index (χ1n) is 9.10. The summed E-state index contributed by atoms with van der Waals surface area (Å²) in [6.45, 7) is 3.44. The van der Waals surface area contributed by atoms with Crippen LogP contribution < -0.4 is 21.7 Å². The van der Waals surface area contributed by atoms with Gasteiger partial charge in [-0.05, 0) is 51.3 Å². The third-order valence-electron chi connectivity index (χ3n) is 4.15. The number of carbonyl (C=O) groups excluding carboxylic acids is 2. The summed E-state index contributed by atoms with van der Waals surface area (Å²) in [5.74, 6) is -0.308. The maximum atomic E-state index is 12.3. The van der Waals surface area contributed by atoms with Crippen molar-refractivity contribution in [3.8, 4) is 0 Å². The molecule has 0 fully saturated rings. The Labute approximate surface area is 150 Å². The summed E-state index contributed by atoms with van der Waals surface area (Å²) in [6.07, 6.45) is 3.99. The molecule has 0 spiro atoms. The van der Waals surface area contributed by atoms with E-state index in [4.69, 9.17) is 5.73 Å². The Morgan fingerprint density at radius 3 is 2.40 bits per heavy atom. The molecule has 5 N–H and O–H groups in total. The van der Waals surface area contributed by atoms with Gasteiger partial charge in [-0.3, -0.25) is 9.59 Å². The zero-order valence-corrected chi connectivity index (χ0v) is 15.4. The normalized spacial score (nSPS) is 13.2. The lowest BCUT2D eigenvalue weighted by molar-refractivity contribution is -0.123. The minimum absolute atomic E-state index is 0.00177. The van der Waals surface area contributed by atoms with Crippen LogP contribution in [0.25, 0.3) is 0 Å². The van der Waals surface area contributed by atoms with Crippen LogP contribution in [-0.4, -0.2) is 44.0 Å². The molecule has 0 aliphatic heterocycles. The predicted molar refractivity (Wildman–Crippen MR) is 101 cm³/mol. The van der Waals surface area contributed by atoms with Crippen molar-refractivity contribution in [3.63, 3.8) is 0 Å². The Morgan fingerprint density at radius 2 is 1.80 bits per heavy atom. The minimum atomic E-state index is -0.310. The van der Waals surface area contributed by atoms with Crippen LogP contribution in [0.4, 0.5) is 0 Å². The maximum absolute atomic E-state index is 12.3. The first-order valence-corrected chi connectivity index (χ1v) is 9.10. The summed E-state index contributed by atoms with van der Waals surface area (Å²) in [4.78, 5) is 23.6. The quantitative estimate of drug-likeness (QED) is 0.399. The molecular formula is C19H32N4O2. The number of hydrogen-bond donors (Lipinski definition) is 4. The summed E-state index contributed by atoms with van der Waals surface area (Å²) < 4.78 is 0. The van der Waals surface area contributed by atoms with Gasteiger partial charge in [0.05, 0.1) is 12.1 Å². The molecule has 25 heavy (non-hydrogen) atoms. The van der Waals surface area contributed by atoms with E-state index in [9.17, 15) is 9.59 Å². The second-order valence-electron chi connectivity index (χ2n) is 6.23. The molecule has 0 radical (unpaired) electrons. The topological polar surface area (TPSA) is 96.2 Å².